The van der Waals surface area contributed by atoms with Crippen LogP contribution in [0, 0.1) is 29.4 Å². The van der Waals surface area contributed by atoms with Crippen molar-refractivity contribution in [2.24, 2.45) is 17.8 Å². The van der Waals surface area contributed by atoms with Crippen molar-refractivity contribution in [1.82, 2.24) is 5.32 Å². The molecule has 1 saturated carbocycles. The summed E-state index contributed by atoms with van der Waals surface area (Å²) in [5.74, 6) is 0.805. The molecule has 21 heavy (non-hydrogen) atoms. The van der Waals surface area contributed by atoms with Crippen molar-refractivity contribution in [1.29, 1.82) is 0 Å². The Bertz CT molecular complexity index is 482. The zero-order valence-electron chi connectivity index (χ0n) is 12.9. The normalized spacial score (nSPS) is 24.3. The Morgan fingerprint density at radius 3 is 2.19 bits per heavy atom. The van der Waals surface area contributed by atoms with Crippen LogP contribution in [0.3, 0.4) is 0 Å². The third-order valence-electron chi connectivity index (χ3n) is 4.93. The number of hydrogen-bond donors (Lipinski definition) is 1. The fourth-order valence-corrected chi connectivity index (χ4v) is 3.93. The summed E-state index contributed by atoms with van der Waals surface area (Å²) in [7, 11) is 1.79. The summed E-state index contributed by atoms with van der Waals surface area (Å²) in [6.07, 6.45) is 4.36. The van der Waals surface area contributed by atoms with Gasteiger partial charge in [-0.15, -0.1) is 0 Å². The monoisotopic (exact) mass is 359 g/mol. The van der Waals surface area contributed by atoms with Gasteiger partial charge in [0.2, 0.25) is 0 Å². The van der Waals surface area contributed by atoms with E-state index in [0.29, 0.717) is 16.3 Å². The van der Waals surface area contributed by atoms with Gasteiger partial charge in [0.05, 0.1) is 4.47 Å². The molecule has 0 aliphatic heterocycles. The average Bonchev–Trinajstić information content (AvgIpc) is 2.48. The van der Waals surface area contributed by atoms with Crippen LogP contribution in [-0.4, -0.2) is 7.05 Å². The number of hydrogen-bond acceptors (Lipinski definition) is 1. The van der Waals surface area contributed by atoms with Crippen molar-refractivity contribution in [2.45, 2.75) is 45.6 Å². The molecule has 2 rings (SSSR count). The SMILES string of the molecule is CNC(c1c(F)ccc(Br)c1F)C1CCC(C(C)C)CC1. The third kappa shape index (κ3) is 3.65. The molecule has 0 saturated heterocycles. The van der Waals surface area contributed by atoms with E-state index in [4.69, 9.17) is 0 Å². The van der Waals surface area contributed by atoms with Crippen LogP contribution in [0.5, 0.6) is 0 Å². The largest absolute Gasteiger partial charge is 0.313 e. The van der Waals surface area contributed by atoms with Crippen LogP contribution in [0.4, 0.5) is 8.78 Å². The quantitative estimate of drug-likeness (QED) is 0.704. The van der Waals surface area contributed by atoms with Crippen LogP contribution >= 0.6 is 15.9 Å². The standard InChI is InChI=1S/C17H24BrF2N/c1-10(2)11-4-6-12(7-5-11)17(21-3)15-14(19)9-8-13(18)16(15)20/h8-12,17,21H,4-7H2,1-3H3. The summed E-state index contributed by atoms with van der Waals surface area (Å²) in [4.78, 5) is 0. The molecule has 0 heterocycles. The summed E-state index contributed by atoms with van der Waals surface area (Å²) in [5, 5.41) is 3.14. The molecule has 0 spiro atoms. The molecule has 0 bridgehead atoms. The molecule has 0 aromatic heterocycles. The Balaban J connectivity index is 2.20. The van der Waals surface area contributed by atoms with Crippen molar-refractivity contribution in [3.05, 3.63) is 33.8 Å². The van der Waals surface area contributed by atoms with Gasteiger partial charge >= 0.3 is 0 Å². The van der Waals surface area contributed by atoms with Gasteiger partial charge in [0, 0.05) is 11.6 Å². The van der Waals surface area contributed by atoms with Crippen LogP contribution in [0.1, 0.15) is 51.1 Å². The Morgan fingerprint density at radius 1 is 1.10 bits per heavy atom. The van der Waals surface area contributed by atoms with Crippen molar-refractivity contribution >= 4 is 15.9 Å². The topological polar surface area (TPSA) is 12.0 Å². The molecule has 0 radical (unpaired) electrons. The predicted molar refractivity (Wildman–Crippen MR) is 86.1 cm³/mol. The highest BCUT2D eigenvalue weighted by atomic mass is 79.9. The van der Waals surface area contributed by atoms with Crippen LogP contribution in [0.2, 0.25) is 0 Å². The van der Waals surface area contributed by atoms with Gasteiger partial charge in [-0.3, -0.25) is 0 Å². The van der Waals surface area contributed by atoms with Gasteiger partial charge in [-0.1, -0.05) is 13.8 Å². The highest BCUT2D eigenvalue weighted by Crippen LogP contribution is 2.41. The lowest BCUT2D eigenvalue weighted by molar-refractivity contribution is 0.189. The molecule has 1 unspecified atom stereocenters. The van der Waals surface area contributed by atoms with Gasteiger partial charge in [0.15, 0.2) is 0 Å². The van der Waals surface area contributed by atoms with Crippen LogP contribution in [-0.2, 0) is 0 Å². The maximum atomic E-state index is 14.3. The maximum Gasteiger partial charge on any atom is 0.145 e. The van der Waals surface area contributed by atoms with Gasteiger partial charge in [0.25, 0.3) is 0 Å². The summed E-state index contributed by atoms with van der Waals surface area (Å²) in [6.45, 7) is 4.52. The molecule has 1 aromatic carbocycles. The average molecular weight is 360 g/mol. The second kappa shape index (κ2) is 7.19. The van der Waals surface area contributed by atoms with E-state index in [1.54, 1.807) is 7.05 Å². The molecule has 1 N–H and O–H groups in total. The molecular formula is C17H24BrF2N. The molecule has 1 aromatic rings. The number of nitrogens with one attached hydrogen (secondary N) is 1. The molecule has 4 heteroatoms. The Labute approximate surface area is 134 Å². The number of rotatable bonds is 4. The Hall–Kier alpha value is -0.480. The van der Waals surface area contributed by atoms with Crippen LogP contribution in [0.15, 0.2) is 16.6 Å². The smallest absolute Gasteiger partial charge is 0.145 e. The summed E-state index contributed by atoms with van der Waals surface area (Å²) < 4.78 is 28.8. The summed E-state index contributed by atoms with van der Waals surface area (Å²) >= 11 is 3.16. The molecule has 118 valence electrons. The first-order chi connectivity index (χ1) is 9.95. The van der Waals surface area contributed by atoms with Gasteiger partial charge in [-0.05, 0) is 78.5 Å². The lowest BCUT2D eigenvalue weighted by Crippen LogP contribution is -2.31. The number of benzene rings is 1. The van der Waals surface area contributed by atoms with Gasteiger partial charge in [-0.25, -0.2) is 8.78 Å². The Kier molecular flexibility index (Phi) is 5.78. The second-order valence-corrected chi connectivity index (χ2v) is 7.30. The fraction of sp³-hybridized carbons (Fsp3) is 0.647. The van der Waals surface area contributed by atoms with E-state index < -0.39 is 11.6 Å². The molecule has 1 aliphatic rings. The second-order valence-electron chi connectivity index (χ2n) is 6.44. The molecule has 1 fully saturated rings. The number of halogens is 3. The van der Waals surface area contributed by atoms with E-state index in [-0.39, 0.29) is 11.6 Å². The van der Waals surface area contributed by atoms with Crippen molar-refractivity contribution < 1.29 is 8.78 Å². The molecule has 1 aliphatic carbocycles. The third-order valence-corrected chi connectivity index (χ3v) is 5.54. The molecule has 0 amide bonds. The maximum absolute atomic E-state index is 14.3. The van der Waals surface area contributed by atoms with E-state index in [1.807, 2.05) is 0 Å². The minimum atomic E-state index is -0.472. The van der Waals surface area contributed by atoms with Crippen LogP contribution < -0.4 is 5.32 Å². The minimum Gasteiger partial charge on any atom is -0.313 e. The molecule has 1 atom stereocenters. The Morgan fingerprint density at radius 2 is 1.67 bits per heavy atom. The highest BCUT2D eigenvalue weighted by molar-refractivity contribution is 9.10. The molecular weight excluding hydrogens is 336 g/mol. The minimum absolute atomic E-state index is 0.180. The zero-order chi connectivity index (χ0) is 15.6. The van der Waals surface area contributed by atoms with Gasteiger partial charge in [-0.2, -0.15) is 0 Å². The van der Waals surface area contributed by atoms with E-state index >= 15 is 0 Å². The first-order valence-corrected chi connectivity index (χ1v) is 8.55. The van der Waals surface area contributed by atoms with E-state index in [2.05, 4.69) is 35.1 Å². The van der Waals surface area contributed by atoms with Crippen molar-refractivity contribution in [3.63, 3.8) is 0 Å². The predicted octanol–water partition coefficient (Wildman–Crippen LogP) is 5.45. The first-order valence-electron chi connectivity index (χ1n) is 7.76. The summed E-state index contributed by atoms with van der Waals surface area (Å²) in [6, 6.07) is 2.51. The van der Waals surface area contributed by atoms with Gasteiger partial charge < -0.3 is 5.32 Å². The first kappa shape index (κ1) is 16.9. The zero-order valence-corrected chi connectivity index (χ0v) is 14.5. The fourth-order valence-electron chi connectivity index (χ4n) is 3.59. The highest BCUT2D eigenvalue weighted by Gasteiger charge is 2.32. The van der Waals surface area contributed by atoms with Crippen molar-refractivity contribution in [3.8, 4) is 0 Å². The lowest BCUT2D eigenvalue weighted by Gasteiger charge is -2.35. The van der Waals surface area contributed by atoms with E-state index in [0.717, 1.165) is 31.6 Å². The van der Waals surface area contributed by atoms with E-state index in [9.17, 15) is 8.78 Å². The molecule has 1 nitrogen and oxygen atoms in total. The van der Waals surface area contributed by atoms with Crippen LogP contribution in [0.25, 0.3) is 0 Å². The van der Waals surface area contributed by atoms with Crippen molar-refractivity contribution in [2.75, 3.05) is 7.05 Å². The van der Waals surface area contributed by atoms with E-state index in [1.165, 1.54) is 12.1 Å². The van der Waals surface area contributed by atoms with Gasteiger partial charge in [0.1, 0.15) is 11.6 Å². The lowest BCUT2D eigenvalue weighted by atomic mass is 9.73. The summed E-state index contributed by atoms with van der Waals surface area (Å²) in [5.41, 5.74) is 0.180.